The van der Waals surface area contributed by atoms with Gasteiger partial charge >= 0.3 is 0 Å². The molecule has 0 bridgehead atoms. The Morgan fingerprint density at radius 3 is 3.00 bits per heavy atom. The molecule has 1 aliphatic rings. The largest absolute Gasteiger partial charge is 0.462 e. The first-order valence-corrected chi connectivity index (χ1v) is 5.50. The van der Waals surface area contributed by atoms with Gasteiger partial charge in [-0.3, -0.25) is 0 Å². The summed E-state index contributed by atoms with van der Waals surface area (Å²) in [6.45, 7) is 4.36. The molecule has 0 unspecified atom stereocenters. The average molecular weight is 220 g/mol. The topological polar surface area (TPSA) is 35.5 Å². The Labute approximate surface area is 95.4 Å². The fourth-order valence-electron chi connectivity index (χ4n) is 1.82. The maximum Gasteiger partial charge on any atom is 0.205 e. The predicted octanol–water partition coefficient (Wildman–Crippen LogP) is 2.46. The molecule has 0 aliphatic carbocycles. The molecule has 2 rings (SSSR count). The molecule has 1 aliphatic heterocycles. The molecule has 0 saturated heterocycles. The number of benzene rings is 1. The molecule has 0 aromatic heterocycles. The van der Waals surface area contributed by atoms with Crippen LogP contribution in [0, 0.1) is 0 Å². The minimum Gasteiger partial charge on any atom is -0.462 e. The van der Waals surface area contributed by atoms with Crippen LogP contribution in [0.5, 0.6) is 5.75 Å². The van der Waals surface area contributed by atoms with Crippen molar-refractivity contribution >= 4 is 6.29 Å². The van der Waals surface area contributed by atoms with Gasteiger partial charge in [-0.15, -0.1) is 0 Å². The molecule has 3 nitrogen and oxygen atoms in total. The normalized spacial score (nSPS) is 17.4. The molecular formula is C13H16O3. The van der Waals surface area contributed by atoms with Crippen molar-refractivity contribution < 1.29 is 14.3 Å². The summed E-state index contributed by atoms with van der Waals surface area (Å²) in [6, 6.07) is 5.97. The molecule has 86 valence electrons. The smallest absolute Gasteiger partial charge is 0.205 e. The van der Waals surface area contributed by atoms with E-state index in [0.29, 0.717) is 13.0 Å². The van der Waals surface area contributed by atoms with Crippen molar-refractivity contribution in [2.75, 3.05) is 0 Å². The monoisotopic (exact) mass is 220 g/mol. The Bertz CT molecular complexity index is 396. The van der Waals surface area contributed by atoms with E-state index in [0.717, 1.165) is 29.6 Å². The predicted molar refractivity (Wildman–Crippen MR) is 60.3 cm³/mol. The number of rotatable bonds is 3. The van der Waals surface area contributed by atoms with Crippen molar-refractivity contribution in [3.05, 3.63) is 29.3 Å². The van der Waals surface area contributed by atoms with Gasteiger partial charge in [0.1, 0.15) is 12.0 Å². The van der Waals surface area contributed by atoms with Crippen LogP contribution in [0.4, 0.5) is 0 Å². The zero-order valence-electron chi connectivity index (χ0n) is 9.66. The minimum absolute atomic E-state index is 0.529. The van der Waals surface area contributed by atoms with Crippen LogP contribution in [0.3, 0.4) is 0 Å². The van der Waals surface area contributed by atoms with E-state index in [2.05, 4.69) is 0 Å². The Kier molecular flexibility index (Phi) is 2.97. The number of aldehydes is 1. The van der Waals surface area contributed by atoms with Crippen LogP contribution in [0.25, 0.3) is 0 Å². The van der Waals surface area contributed by atoms with Gasteiger partial charge in [0, 0.05) is 25.8 Å². The van der Waals surface area contributed by atoms with Crippen molar-refractivity contribution in [3.63, 3.8) is 0 Å². The highest BCUT2D eigenvalue weighted by molar-refractivity contribution is 5.51. The number of carbonyl (C=O) groups excluding carboxylic acids is 1. The van der Waals surface area contributed by atoms with Crippen molar-refractivity contribution in [2.24, 2.45) is 0 Å². The van der Waals surface area contributed by atoms with Crippen LogP contribution in [0.15, 0.2) is 18.2 Å². The summed E-state index contributed by atoms with van der Waals surface area (Å²) in [6.07, 6.45) is 2.19. The van der Waals surface area contributed by atoms with Crippen LogP contribution in [0.1, 0.15) is 31.4 Å². The lowest BCUT2D eigenvalue weighted by Gasteiger charge is -2.33. The van der Waals surface area contributed by atoms with Crippen LogP contribution < -0.4 is 4.74 Å². The third-order valence-electron chi connectivity index (χ3n) is 2.63. The molecule has 3 heteroatoms. The number of carbonyl (C=O) groups is 1. The minimum atomic E-state index is -0.579. The van der Waals surface area contributed by atoms with Crippen molar-refractivity contribution in [1.29, 1.82) is 0 Å². The molecule has 0 saturated carbocycles. The number of aryl methyl sites for hydroxylation is 1. The lowest BCUT2D eigenvalue weighted by atomic mass is 10.0. The molecular weight excluding hydrogens is 204 g/mol. The van der Waals surface area contributed by atoms with Gasteiger partial charge in [0.2, 0.25) is 5.79 Å². The highest BCUT2D eigenvalue weighted by atomic mass is 16.7. The molecule has 0 radical (unpaired) electrons. The lowest BCUT2D eigenvalue weighted by molar-refractivity contribution is -0.180. The lowest BCUT2D eigenvalue weighted by Crippen LogP contribution is -2.35. The molecule has 1 aromatic carbocycles. The molecule has 0 amide bonds. The second kappa shape index (κ2) is 4.26. The van der Waals surface area contributed by atoms with Crippen LogP contribution in [-0.2, 0) is 22.6 Å². The second-order valence-corrected chi connectivity index (χ2v) is 4.40. The van der Waals surface area contributed by atoms with E-state index in [1.807, 2.05) is 32.0 Å². The highest BCUT2D eigenvalue weighted by Crippen LogP contribution is 2.34. The van der Waals surface area contributed by atoms with Gasteiger partial charge in [0.05, 0.1) is 6.61 Å². The first kappa shape index (κ1) is 11.1. The van der Waals surface area contributed by atoms with Crippen molar-refractivity contribution in [2.45, 2.75) is 39.1 Å². The van der Waals surface area contributed by atoms with Gasteiger partial charge in [-0.05, 0) is 12.0 Å². The van der Waals surface area contributed by atoms with E-state index in [4.69, 9.17) is 9.47 Å². The van der Waals surface area contributed by atoms with E-state index in [1.165, 1.54) is 0 Å². The second-order valence-electron chi connectivity index (χ2n) is 4.40. The number of ether oxygens (including phenoxy) is 2. The van der Waals surface area contributed by atoms with Crippen LogP contribution in [-0.4, -0.2) is 12.1 Å². The third-order valence-corrected chi connectivity index (χ3v) is 2.63. The summed E-state index contributed by atoms with van der Waals surface area (Å²) in [5.74, 6) is 0.310. The summed E-state index contributed by atoms with van der Waals surface area (Å²) in [7, 11) is 0. The quantitative estimate of drug-likeness (QED) is 0.734. The molecule has 16 heavy (non-hydrogen) atoms. The maximum absolute atomic E-state index is 10.4. The standard InChI is InChI=1S/C13H16O3/c1-13(2)15-9-11-6-3-5-10(7-4-8-14)12(11)16-13/h3,5-6,8H,4,7,9H2,1-2H3. The van der Waals surface area contributed by atoms with Gasteiger partial charge < -0.3 is 14.3 Å². The number of hydrogen-bond donors (Lipinski definition) is 0. The molecule has 1 aromatic rings. The highest BCUT2D eigenvalue weighted by Gasteiger charge is 2.28. The third kappa shape index (κ3) is 2.25. The number of para-hydroxylation sites is 1. The number of hydrogen-bond acceptors (Lipinski definition) is 3. The molecule has 0 spiro atoms. The first-order valence-electron chi connectivity index (χ1n) is 5.50. The van der Waals surface area contributed by atoms with Gasteiger partial charge in [0.15, 0.2) is 0 Å². The summed E-state index contributed by atoms with van der Waals surface area (Å²) in [5.41, 5.74) is 2.14. The van der Waals surface area contributed by atoms with E-state index in [9.17, 15) is 4.79 Å². The van der Waals surface area contributed by atoms with Crippen molar-refractivity contribution in [1.82, 2.24) is 0 Å². The zero-order valence-corrected chi connectivity index (χ0v) is 9.66. The molecule has 0 fully saturated rings. The van der Waals surface area contributed by atoms with Gasteiger partial charge in [0.25, 0.3) is 0 Å². The Morgan fingerprint density at radius 1 is 1.44 bits per heavy atom. The number of fused-ring (bicyclic) bond motifs is 1. The van der Waals surface area contributed by atoms with Crippen molar-refractivity contribution in [3.8, 4) is 5.75 Å². The van der Waals surface area contributed by atoms with Crippen LogP contribution >= 0.6 is 0 Å². The Balaban J connectivity index is 2.30. The van der Waals surface area contributed by atoms with E-state index >= 15 is 0 Å². The van der Waals surface area contributed by atoms with Gasteiger partial charge in [-0.1, -0.05) is 18.2 Å². The van der Waals surface area contributed by atoms with Crippen LogP contribution in [0.2, 0.25) is 0 Å². The first-order chi connectivity index (χ1) is 7.62. The summed E-state index contributed by atoms with van der Waals surface area (Å²) in [5, 5.41) is 0. The van der Waals surface area contributed by atoms with E-state index in [1.54, 1.807) is 0 Å². The molecule has 0 atom stereocenters. The zero-order chi connectivity index (χ0) is 11.6. The Hall–Kier alpha value is -1.35. The van der Waals surface area contributed by atoms with Gasteiger partial charge in [-0.2, -0.15) is 0 Å². The summed E-state index contributed by atoms with van der Waals surface area (Å²) >= 11 is 0. The molecule has 1 heterocycles. The van der Waals surface area contributed by atoms with Gasteiger partial charge in [-0.25, -0.2) is 0 Å². The summed E-state index contributed by atoms with van der Waals surface area (Å²) < 4.78 is 11.4. The molecule has 0 N–H and O–H groups in total. The SMILES string of the molecule is CC1(C)OCc2cccc(CCC=O)c2O1. The Morgan fingerprint density at radius 2 is 2.25 bits per heavy atom. The fourth-order valence-corrected chi connectivity index (χ4v) is 1.82. The fraction of sp³-hybridized carbons (Fsp3) is 0.462. The van der Waals surface area contributed by atoms with E-state index < -0.39 is 5.79 Å². The maximum atomic E-state index is 10.4. The van der Waals surface area contributed by atoms with E-state index in [-0.39, 0.29) is 0 Å². The summed E-state index contributed by atoms with van der Waals surface area (Å²) in [4.78, 5) is 10.4. The average Bonchev–Trinajstić information content (AvgIpc) is 2.25.